The van der Waals surface area contributed by atoms with Crippen molar-refractivity contribution in [2.24, 2.45) is 5.92 Å². The summed E-state index contributed by atoms with van der Waals surface area (Å²) in [6.45, 7) is 7.04. The monoisotopic (exact) mass is 427 g/mol. The van der Waals surface area contributed by atoms with Gasteiger partial charge >= 0.3 is 0 Å². The predicted molar refractivity (Wildman–Crippen MR) is 111 cm³/mol. The number of carbonyl (C=O) groups excluding carboxylic acids is 3. The van der Waals surface area contributed by atoms with Crippen LogP contribution in [0.1, 0.15) is 32.8 Å². The minimum atomic E-state index is -0.932. The second-order valence-corrected chi connectivity index (χ2v) is 8.29. The highest BCUT2D eigenvalue weighted by atomic mass is 35.5. The van der Waals surface area contributed by atoms with E-state index in [-0.39, 0.29) is 18.5 Å². The zero-order chi connectivity index (χ0) is 20.8. The molecule has 1 fully saturated rings. The Hall–Kier alpha value is -1.63. The Balaban J connectivity index is 1.83. The normalized spacial score (nSPS) is 18.1. The highest BCUT2D eigenvalue weighted by Crippen LogP contribution is 2.23. The van der Waals surface area contributed by atoms with Gasteiger partial charge in [0, 0.05) is 31.7 Å². The number of carbonyl (C=O) groups is 3. The van der Waals surface area contributed by atoms with Gasteiger partial charge in [0.25, 0.3) is 5.91 Å². The van der Waals surface area contributed by atoms with Crippen LogP contribution < -0.4 is 10.6 Å². The quantitative estimate of drug-likeness (QED) is 0.468. The molecule has 6 nitrogen and oxygen atoms in total. The van der Waals surface area contributed by atoms with Crippen molar-refractivity contribution in [2.45, 2.75) is 45.7 Å². The molecule has 1 aromatic carbocycles. The Morgan fingerprint density at radius 2 is 1.93 bits per heavy atom. The summed E-state index contributed by atoms with van der Waals surface area (Å²) >= 11 is 11.9. The lowest BCUT2D eigenvalue weighted by Crippen LogP contribution is -2.41. The molecule has 154 valence electrons. The first-order chi connectivity index (χ1) is 13.2. The molecule has 28 heavy (non-hydrogen) atoms. The van der Waals surface area contributed by atoms with Gasteiger partial charge in [0.1, 0.15) is 5.92 Å². The van der Waals surface area contributed by atoms with Gasteiger partial charge in [-0.1, -0.05) is 43.1 Å². The minimum absolute atomic E-state index is 0.137. The fraction of sp³-hybridized carbons (Fsp3) is 0.550. The van der Waals surface area contributed by atoms with Gasteiger partial charge in [0.05, 0.1) is 10.0 Å². The summed E-state index contributed by atoms with van der Waals surface area (Å²) in [5, 5.41) is 7.05. The first-order valence-electron chi connectivity index (χ1n) is 9.49. The van der Waals surface area contributed by atoms with Gasteiger partial charge in [-0.3, -0.25) is 14.4 Å². The second kappa shape index (κ2) is 10.2. The minimum Gasteiger partial charge on any atom is -0.353 e. The van der Waals surface area contributed by atoms with Crippen molar-refractivity contribution in [3.05, 3.63) is 33.8 Å². The zero-order valence-corrected chi connectivity index (χ0v) is 17.9. The molecular formula is C20H27Cl2N3O3. The molecule has 0 bridgehead atoms. The molecule has 1 aliphatic heterocycles. The molecule has 2 rings (SSSR count). The molecule has 2 atom stereocenters. The van der Waals surface area contributed by atoms with Crippen LogP contribution in [0.25, 0.3) is 0 Å². The Kier molecular flexibility index (Phi) is 8.28. The molecule has 2 N–H and O–H groups in total. The molecule has 0 saturated carbocycles. The Labute approximate surface area is 175 Å². The van der Waals surface area contributed by atoms with Crippen molar-refractivity contribution in [2.75, 3.05) is 19.6 Å². The zero-order valence-electron chi connectivity index (χ0n) is 16.4. The first kappa shape index (κ1) is 22.7. The summed E-state index contributed by atoms with van der Waals surface area (Å²) < 4.78 is 0. The van der Waals surface area contributed by atoms with E-state index >= 15 is 0 Å². The van der Waals surface area contributed by atoms with E-state index in [1.54, 1.807) is 12.1 Å². The molecular weight excluding hydrogens is 401 g/mol. The Bertz CT molecular complexity index is 739. The SMILES string of the molecule is CC(C)NCCN1CC(C(=O)NC(C)CCc2ccc(Cl)c(Cl)c2)C(=O)C1=O. The highest BCUT2D eigenvalue weighted by Gasteiger charge is 2.42. The van der Waals surface area contributed by atoms with Gasteiger partial charge in [-0.2, -0.15) is 0 Å². The van der Waals surface area contributed by atoms with Crippen LogP contribution in [0.5, 0.6) is 0 Å². The van der Waals surface area contributed by atoms with Gasteiger partial charge in [-0.05, 0) is 37.5 Å². The number of aryl methyl sites for hydroxylation is 1. The summed E-state index contributed by atoms with van der Waals surface area (Å²) in [7, 11) is 0. The third kappa shape index (κ3) is 6.19. The van der Waals surface area contributed by atoms with Crippen molar-refractivity contribution in [3.8, 4) is 0 Å². The van der Waals surface area contributed by atoms with Gasteiger partial charge in [0.15, 0.2) is 0 Å². The Morgan fingerprint density at radius 3 is 2.57 bits per heavy atom. The van der Waals surface area contributed by atoms with Crippen LogP contribution >= 0.6 is 23.2 Å². The number of benzene rings is 1. The molecule has 2 amide bonds. The van der Waals surface area contributed by atoms with E-state index in [0.717, 1.165) is 5.56 Å². The van der Waals surface area contributed by atoms with E-state index in [1.807, 2.05) is 26.8 Å². The smallest absolute Gasteiger partial charge is 0.290 e. The van der Waals surface area contributed by atoms with Crippen molar-refractivity contribution in [1.82, 2.24) is 15.5 Å². The first-order valence-corrected chi connectivity index (χ1v) is 10.3. The number of Topliss-reactive ketones (excluding diaryl/α,β-unsaturated/α-hetero) is 1. The number of nitrogens with zero attached hydrogens (tertiary/aromatic N) is 1. The molecule has 0 aliphatic carbocycles. The number of likely N-dealkylation sites (tertiary alicyclic amines) is 1. The summed E-state index contributed by atoms with van der Waals surface area (Å²) in [5.74, 6) is -2.52. The molecule has 1 aromatic rings. The van der Waals surface area contributed by atoms with E-state index in [1.165, 1.54) is 4.90 Å². The molecule has 1 aliphatic rings. The fourth-order valence-electron chi connectivity index (χ4n) is 3.07. The van der Waals surface area contributed by atoms with E-state index < -0.39 is 17.6 Å². The van der Waals surface area contributed by atoms with Gasteiger partial charge in [-0.25, -0.2) is 0 Å². The van der Waals surface area contributed by atoms with E-state index in [2.05, 4.69) is 10.6 Å². The fourth-order valence-corrected chi connectivity index (χ4v) is 3.39. The van der Waals surface area contributed by atoms with Crippen LogP contribution in [0.3, 0.4) is 0 Å². The largest absolute Gasteiger partial charge is 0.353 e. The average Bonchev–Trinajstić information content (AvgIpc) is 2.91. The van der Waals surface area contributed by atoms with Gasteiger partial charge in [-0.15, -0.1) is 0 Å². The van der Waals surface area contributed by atoms with Crippen molar-refractivity contribution in [3.63, 3.8) is 0 Å². The number of halogens is 2. The Morgan fingerprint density at radius 1 is 1.21 bits per heavy atom. The third-order valence-corrected chi connectivity index (χ3v) is 5.45. The number of nitrogens with one attached hydrogen (secondary N) is 2. The maximum Gasteiger partial charge on any atom is 0.290 e. The van der Waals surface area contributed by atoms with Crippen LogP contribution in [0.4, 0.5) is 0 Å². The van der Waals surface area contributed by atoms with E-state index in [4.69, 9.17) is 23.2 Å². The third-order valence-electron chi connectivity index (χ3n) is 4.71. The molecule has 2 unspecified atom stereocenters. The molecule has 1 heterocycles. The highest BCUT2D eigenvalue weighted by molar-refractivity contribution is 6.42. The number of rotatable bonds is 9. The standard InChI is InChI=1S/C20H27Cl2N3O3/c1-12(2)23-8-9-25-11-15(18(26)20(25)28)19(27)24-13(3)4-5-14-6-7-16(21)17(22)10-14/h6-7,10,12-13,15,23H,4-5,8-9,11H2,1-3H3,(H,24,27). The van der Waals surface area contributed by atoms with Crippen molar-refractivity contribution in [1.29, 1.82) is 0 Å². The molecule has 0 aromatic heterocycles. The molecule has 8 heteroatoms. The van der Waals surface area contributed by atoms with Gasteiger partial charge < -0.3 is 15.5 Å². The number of hydrogen-bond acceptors (Lipinski definition) is 4. The number of hydrogen-bond donors (Lipinski definition) is 2. The van der Waals surface area contributed by atoms with Crippen LogP contribution in [0.2, 0.25) is 10.0 Å². The molecule has 0 spiro atoms. The predicted octanol–water partition coefficient (Wildman–Crippen LogP) is 2.46. The summed E-state index contributed by atoms with van der Waals surface area (Å²) in [6, 6.07) is 5.60. The number of amides is 2. The molecule has 1 saturated heterocycles. The topological polar surface area (TPSA) is 78.5 Å². The maximum atomic E-state index is 12.5. The summed E-state index contributed by atoms with van der Waals surface area (Å²) in [6.07, 6.45) is 1.39. The maximum absolute atomic E-state index is 12.5. The average molecular weight is 428 g/mol. The van der Waals surface area contributed by atoms with Crippen LogP contribution in [-0.4, -0.2) is 54.2 Å². The lowest BCUT2D eigenvalue weighted by Gasteiger charge is -2.18. The van der Waals surface area contributed by atoms with E-state index in [0.29, 0.717) is 42.0 Å². The van der Waals surface area contributed by atoms with Crippen LogP contribution in [0, 0.1) is 5.92 Å². The lowest BCUT2D eigenvalue weighted by molar-refractivity contribution is -0.142. The van der Waals surface area contributed by atoms with E-state index in [9.17, 15) is 14.4 Å². The lowest BCUT2D eigenvalue weighted by atomic mass is 10.0. The van der Waals surface area contributed by atoms with Gasteiger partial charge in [0.2, 0.25) is 11.7 Å². The van der Waals surface area contributed by atoms with Crippen LogP contribution in [0.15, 0.2) is 18.2 Å². The van der Waals surface area contributed by atoms with Crippen molar-refractivity contribution < 1.29 is 14.4 Å². The van der Waals surface area contributed by atoms with Crippen molar-refractivity contribution >= 4 is 40.8 Å². The second-order valence-electron chi connectivity index (χ2n) is 7.47. The summed E-state index contributed by atoms with van der Waals surface area (Å²) in [5.41, 5.74) is 1.02. The molecule has 0 radical (unpaired) electrons. The summed E-state index contributed by atoms with van der Waals surface area (Å²) in [4.78, 5) is 38.2. The van der Waals surface area contributed by atoms with Crippen LogP contribution in [-0.2, 0) is 20.8 Å². The number of ketones is 1.